The van der Waals surface area contributed by atoms with Gasteiger partial charge in [-0.15, -0.1) is 0 Å². The van der Waals surface area contributed by atoms with Crippen molar-refractivity contribution in [2.75, 3.05) is 0 Å². The molecule has 2 atom stereocenters. The molecule has 1 radical (unpaired) electrons. The molecule has 0 saturated heterocycles. The van der Waals surface area contributed by atoms with Gasteiger partial charge >= 0.3 is 0 Å². The SMILES string of the molecule is [CH2]C(C)CCCC(C)CCCCCCCCC. The van der Waals surface area contributed by atoms with E-state index in [0.717, 1.165) is 5.92 Å². The quantitative estimate of drug-likeness (QED) is 0.345. The highest BCUT2D eigenvalue weighted by Gasteiger charge is 2.03. The van der Waals surface area contributed by atoms with Crippen molar-refractivity contribution < 1.29 is 0 Å². The van der Waals surface area contributed by atoms with Crippen molar-refractivity contribution in [2.45, 2.75) is 91.4 Å². The van der Waals surface area contributed by atoms with Crippen LogP contribution in [0.3, 0.4) is 0 Å². The molecule has 0 aliphatic carbocycles. The van der Waals surface area contributed by atoms with E-state index in [1.54, 1.807) is 0 Å². The summed E-state index contributed by atoms with van der Waals surface area (Å²) >= 11 is 0. The van der Waals surface area contributed by atoms with Crippen molar-refractivity contribution in [1.82, 2.24) is 0 Å². The smallest absolute Gasteiger partial charge is 0.0443 e. The summed E-state index contributed by atoms with van der Waals surface area (Å²) in [4.78, 5) is 0. The molecule has 0 aromatic rings. The van der Waals surface area contributed by atoms with Gasteiger partial charge in [0.2, 0.25) is 0 Å². The van der Waals surface area contributed by atoms with Crippen LogP contribution in [-0.2, 0) is 0 Å². The maximum Gasteiger partial charge on any atom is -0.0443 e. The molecule has 0 aliphatic heterocycles. The van der Waals surface area contributed by atoms with E-state index in [-0.39, 0.29) is 0 Å². The van der Waals surface area contributed by atoms with Gasteiger partial charge in [0.05, 0.1) is 0 Å². The minimum Gasteiger partial charge on any atom is -0.0654 e. The Labute approximate surface area is 111 Å². The lowest BCUT2D eigenvalue weighted by molar-refractivity contribution is 0.425. The van der Waals surface area contributed by atoms with Gasteiger partial charge in [-0.2, -0.15) is 0 Å². The average molecular weight is 239 g/mol. The molecule has 0 aromatic carbocycles. The zero-order valence-corrected chi connectivity index (χ0v) is 12.6. The molecular weight excluding hydrogens is 204 g/mol. The fourth-order valence-corrected chi connectivity index (χ4v) is 2.41. The zero-order chi connectivity index (χ0) is 12.9. The fraction of sp³-hybridized carbons (Fsp3) is 0.941. The highest BCUT2D eigenvalue weighted by Crippen LogP contribution is 2.18. The first-order valence-corrected chi connectivity index (χ1v) is 7.99. The van der Waals surface area contributed by atoms with Crippen LogP contribution >= 0.6 is 0 Å². The Morgan fingerprint density at radius 1 is 0.706 bits per heavy atom. The summed E-state index contributed by atoms with van der Waals surface area (Å²) < 4.78 is 0. The molecule has 2 unspecified atom stereocenters. The predicted octanol–water partition coefficient (Wildman–Crippen LogP) is 6.40. The van der Waals surface area contributed by atoms with E-state index in [4.69, 9.17) is 0 Å². The first kappa shape index (κ1) is 17.0. The molecule has 0 saturated carbocycles. The van der Waals surface area contributed by atoms with Gasteiger partial charge in [-0.25, -0.2) is 0 Å². The molecule has 17 heavy (non-hydrogen) atoms. The second-order valence-corrected chi connectivity index (χ2v) is 6.05. The van der Waals surface area contributed by atoms with Crippen molar-refractivity contribution in [1.29, 1.82) is 0 Å². The normalized spacial score (nSPS) is 13.2. The molecule has 0 amide bonds. The van der Waals surface area contributed by atoms with Crippen molar-refractivity contribution in [2.24, 2.45) is 11.8 Å². The molecule has 0 aromatic heterocycles. The molecule has 0 bridgehead atoms. The Balaban J connectivity index is 3.13. The molecule has 103 valence electrons. The number of unbranched alkanes of at least 4 members (excludes halogenated alkanes) is 6. The third-order valence-corrected chi connectivity index (χ3v) is 3.69. The Kier molecular flexibility index (Phi) is 12.5. The summed E-state index contributed by atoms with van der Waals surface area (Å²) in [5.41, 5.74) is 0. The second kappa shape index (κ2) is 12.5. The molecule has 0 heterocycles. The Hall–Kier alpha value is 0. The largest absolute Gasteiger partial charge is 0.0654 e. The van der Waals surface area contributed by atoms with Crippen LogP contribution in [0.4, 0.5) is 0 Å². The molecule has 0 N–H and O–H groups in total. The molecule has 0 aliphatic rings. The van der Waals surface area contributed by atoms with E-state index >= 15 is 0 Å². The third-order valence-electron chi connectivity index (χ3n) is 3.69. The van der Waals surface area contributed by atoms with Crippen LogP contribution in [0.1, 0.15) is 91.4 Å². The van der Waals surface area contributed by atoms with Crippen LogP contribution in [0, 0.1) is 18.8 Å². The maximum absolute atomic E-state index is 4.05. The first-order chi connectivity index (χ1) is 8.16. The fourth-order valence-electron chi connectivity index (χ4n) is 2.41. The van der Waals surface area contributed by atoms with Gasteiger partial charge in [0.15, 0.2) is 0 Å². The molecule has 0 nitrogen and oxygen atoms in total. The van der Waals surface area contributed by atoms with Crippen LogP contribution < -0.4 is 0 Å². The Morgan fingerprint density at radius 3 is 1.82 bits per heavy atom. The zero-order valence-electron chi connectivity index (χ0n) is 12.6. The van der Waals surface area contributed by atoms with E-state index in [0.29, 0.717) is 5.92 Å². The highest BCUT2D eigenvalue weighted by atomic mass is 14.1. The van der Waals surface area contributed by atoms with E-state index in [1.165, 1.54) is 70.6 Å². The van der Waals surface area contributed by atoms with Crippen molar-refractivity contribution >= 4 is 0 Å². The maximum atomic E-state index is 4.05. The molecule has 0 fully saturated rings. The van der Waals surface area contributed by atoms with Crippen LogP contribution in [0.25, 0.3) is 0 Å². The van der Waals surface area contributed by atoms with Crippen LogP contribution in [-0.4, -0.2) is 0 Å². The summed E-state index contributed by atoms with van der Waals surface area (Å²) in [7, 11) is 0. The van der Waals surface area contributed by atoms with Gasteiger partial charge in [0, 0.05) is 0 Å². The monoisotopic (exact) mass is 239 g/mol. The van der Waals surface area contributed by atoms with Gasteiger partial charge < -0.3 is 0 Å². The summed E-state index contributed by atoms with van der Waals surface area (Å²) in [6, 6.07) is 0. The van der Waals surface area contributed by atoms with E-state index in [1.807, 2.05) is 0 Å². The minimum absolute atomic E-state index is 0.640. The average Bonchev–Trinajstić information content (AvgIpc) is 2.27. The van der Waals surface area contributed by atoms with Crippen molar-refractivity contribution in [3.63, 3.8) is 0 Å². The summed E-state index contributed by atoms with van der Waals surface area (Å²) in [6.45, 7) is 11.0. The summed E-state index contributed by atoms with van der Waals surface area (Å²) in [5, 5.41) is 0. The first-order valence-electron chi connectivity index (χ1n) is 7.99. The lowest BCUT2D eigenvalue weighted by Crippen LogP contribution is -1.97. The van der Waals surface area contributed by atoms with Crippen molar-refractivity contribution in [3.8, 4) is 0 Å². The van der Waals surface area contributed by atoms with Crippen LogP contribution in [0.2, 0.25) is 0 Å². The molecule has 0 heteroatoms. The van der Waals surface area contributed by atoms with Gasteiger partial charge in [-0.1, -0.05) is 98.3 Å². The number of rotatable bonds is 12. The lowest BCUT2D eigenvalue weighted by Gasteiger charge is -2.12. The van der Waals surface area contributed by atoms with Gasteiger partial charge in [-0.05, 0) is 11.8 Å². The molecule has 0 spiro atoms. The number of hydrogen-bond donors (Lipinski definition) is 0. The second-order valence-electron chi connectivity index (χ2n) is 6.05. The van der Waals surface area contributed by atoms with Gasteiger partial charge in [0.25, 0.3) is 0 Å². The minimum atomic E-state index is 0.640. The standard InChI is InChI=1S/C17H35/c1-5-6-7-8-9-10-11-14-17(4)15-12-13-16(2)3/h16-17H,2,5-15H2,1,3-4H3. The molecular formula is C17H35. The van der Waals surface area contributed by atoms with Gasteiger partial charge in [0.1, 0.15) is 0 Å². The lowest BCUT2D eigenvalue weighted by atomic mass is 9.95. The predicted molar refractivity (Wildman–Crippen MR) is 80.1 cm³/mol. The summed E-state index contributed by atoms with van der Waals surface area (Å²) in [5.74, 6) is 1.57. The third kappa shape index (κ3) is 13.9. The van der Waals surface area contributed by atoms with Crippen LogP contribution in [0.5, 0.6) is 0 Å². The topological polar surface area (TPSA) is 0 Å². The Bertz CT molecular complexity index is 137. The van der Waals surface area contributed by atoms with E-state index < -0.39 is 0 Å². The van der Waals surface area contributed by atoms with Crippen molar-refractivity contribution in [3.05, 3.63) is 6.92 Å². The Morgan fingerprint density at radius 2 is 1.24 bits per heavy atom. The summed E-state index contributed by atoms with van der Waals surface area (Å²) in [6.07, 6.45) is 15.6. The van der Waals surface area contributed by atoms with E-state index in [2.05, 4.69) is 27.7 Å². The van der Waals surface area contributed by atoms with E-state index in [9.17, 15) is 0 Å². The van der Waals surface area contributed by atoms with Gasteiger partial charge in [-0.3, -0.25) is 0 Å². The highest BCUT2D eigenvalue weighted by molar-refractivity contribution is 4.58. The molecule has 0 rings (SSSR count). The number of hydrogen-bond acceptors (Lipinski definition) is 0. The van der Waals surface area contributed by atoms with Crippen LogP contribution in [0.15, 0.2) is 0 Å².